The standard InChI is InChI=1S/C25H38N4O3/c1-2-28-11-7-19(8-12-28)16-24(30)29-13-9-20(10-14-29)23-6-5-21(17-26-23)25(31)27-18-22-4-3-15-32-22/h5-6,17,19-20,22H,2-4,7-16,18H2,1H3,(H,27,31). The normalized spacial score (nSPS) is 23.4. The molecule has 2 amide bonds. The molecular weight excluding hydrogens is 404 g/mol. The average molecular weight is 443 g/mol. The molecule has 0 aliphatic carbocycles. The van der Waals surface area contributed by atoms with Crippen molar-refractivity contribution < 1.29 is 14.3 Å². The number of nitrogens with zero attached hydrogens (tertiary/aromatic N) is 3. The molecule has 1 aromatic heterocycles. The van der Waals surface area contributed by atoms with Crippen LogP contribution in [0.25, 0.3) is 0 Å². The number of aromatic nitrogens is 1. The number of pyridine rings is 1. The molecule has 0 spiro atoms. The second kappa shape index (κ2) is 11.2. The summed E-state index contributed by atoms with van der Waals surface area (Å²) in [5.74, 6) is 1.13. The summed E-state index contributed by atoms with van der Waals surface area (Å²) >= 11 is 0. The molecule has 4 heterocycles. The Morgan fingerprint density at radius 3 is 2.50 bits per heavy atom. The summed E-state index contributed by atoms with van der Waals surface area (Å²) in [5, 5.41) is 2.95. The van der Waals surface area contributed by atoms with Crippen molar-refractivity contribution in [2.45, 2.75) is 63.9 Å². The first-order chi connectivity index (χ1) is 15.6. The highest BCUT2D eigenvalue weighted by molar-refractivity contribution is 5.93. The van der Waals surface area contributed by atoms with Crippen LogP contribution in [0.2, 0.25) is 0 Å². The molecule has 3 aliphatic rings. The third-order valence-electron chi connectivity index (χ3n) is 7.45. The third-order valence-corrected chi connectivity index (χ3v) is 7.45. The van der Waals surface area contributed by atoms with Crippen LogP contribution in [-0.2, 0) is 9.53 Å². The van der Waals surface area contributed by atoms with Crippen LogP contribution in [0.3, 0.4) is 0 Å². The van der Waals surface area contributed by atoms with Crippen molar-refractivity contribution in [3.8, 4) is 0 Å². The first kappa shape index (κ1) is 23.2. The number of nitrogens with one attached hydrogen (secondary N) is 1. The van der Waals surface area contributed by atoms with Crippen molar-refractivity contribution in [1.82, 2.24) is 20.1 Å². The highest BCUT2D eigenvalue weighted by atomic mass is 16.5. The van der Waals surface area contributed by atoms with E-state index in [1.165, 1.54) is 0 Å². The van der Waals surface area contributed by atoms with E-state index in [1.54, 1.807) is 6.20 Å². The van der Waals surface area contributed by atoms with Crippen molar-refractivity contribution >= 4 is 11.8 Å². The number of rotatable bonds is 7. The Morgan fingerprint density at radius 1 is 1.09 bits per heavy atom. The zero-order valence-corrected chi connectivity index (χ0v) is 19.4. The van der Waals surface area contributed by atoms with Crippen LogP contribution < -0.4 is 5.32 Å². The van der Waals surface area contributed by atoms with Gasteiger partial charge in [0.15, 0.2) is 0 Å². The number of ether oxygens (including phenoxy) is 1. The summed E-state index contributed by atoms with van der Waals surface area (Å²) in [5.41, 5.74) is 1.62. The van der Waals surface area contributed by atoms with E-state index in [9.17, 15) is 9.59 Å². The van der Waals surface area contributed by atoms with Gasteiger partial charge in [0, 0.05) is 50.5 Å². The number of carbonyl (C=O) groups is 2. The minimum atomic E-state index is -0.0928. The molecule has 4 rings (SSSR count). The van der Waals surface area contributed by atoms with Gasteiger partial charge in [-0.2, -0.15) is 0 Å². The fourth-order valence-electron chi connectivity index (χ4n) is 5.20. The molecular formula is C25H38N4O3. The van der Waals surface area contributed by atoms with Crippen molar-refractivity contribution in [2.75, 3.05) is 45.9 Å². The molecule has 0 saturated carbocycles. The monoisotopic (exact) mass is 442 g/mol. The van der Waals surface area contributed by atoms with E-state index in [-0.39, 0.29) is 12.0 Å². The van der Waals surface area contributed by atoms with Gasteiger partial charge in [-0.3, -0.25) is 14.6 Å². The van der Waals surface area contributed by atoms with Gasteiger partial charge in [0.25, 0.3) is 5.91 Å². The Morgan fingerprint density at radius 2 is 1.88 bits per heavy atom. The third kappa shape index (κ3) is 6.07. The van der Waals surface area contributed by atoms with Gasteiger partial charge in [-0.15, -0.1) is 0 Å². The van der Waals surface area contributed by atoms with E-state index in [2.05, 4.69) is 27.0 Å². The van der Waals surface area contributed by atoms with Crippen LogP contribution in [0.4, 0.5) is 0 Å². The van der Waals surface area contributed by atoms with Crippen LogP contribution in [0.1, 0.15) is 73.8 Å². The van der Waals surface area contributed by atoms with Gasteiger partial charge in [0.05, 0.1) is 11.7 Å². The molecule has 1 N–H and O–H groups in total. The molecule has 1 aromatic rings. The summed E-state index contributed by atoms with van der Waals surface area (Å²) < 4.78 is 5.55. The number of hydrogen-bond donors (Lipinski definition) is 1. The summed E-state index contributed by atoms with van der Waals surface area (Å²) in [6.07, 6.45) is 8.78. The Kier molecular flexibility index (Phi) is 8.14. The molecule has 3 saturated heterocycles. The Labute approximate surface area is 191 Å². The van der Waals surface area contributed by atoms with Gasteiger partial charge in [-0.1, -0.05) is 6.92 Å². The molecule has 1 atom stereocenters. The van der Waals surface area contributed by atoms with E-state index >= 15 is 0 Å². The van der Waals surface area contributed by atoms with Crippen LogP contribution >= 0.6 is 0 Å². The molecule has 176 valence electrons. The molecule has 7 nitrogen and oxygen atoms in total. The van der Waals surface area contributed by atoms with E-state index in [1.807, 2.05) is 12.1 Å². The topological polar surface area (TPSA) is 74.8 Å². The molecule has 3 aliphatic heterocycles. The maximum Gasteiger partial charge on any atom is 0.252 e. The number of piperidine rings is 2. The second-order valence-electron chi connectivity index (χ2n) is 9.55. The smallest absolute Gasteiger partial charge is 0.252 e. The maximum atomic E-state index is 12.8. The molecule has 0 aromatic carbocycles. The van der Waals surface area contributed by atoms with Crippen molar-refractivity contribution in [3.63, 3.8) is 0 Å². The van der Waals surface area contributed by atoms with E-state index < -0.39 is 0 Å². The summed E-state index contributed by atoms with van der Waals surface area (Å²) in [6.45, 7) is 8.55. The number of amides is 2. The van der Waals surface area contributed by atoms with Crippen LogP contribution in [0, 0.1) is 5.92 Å². The number of carbonyl (C=O) groups excluding carboxylic acids is 2. The summed E-state index contributed by atoms with van der Waals surface area (Å²) in [7, 11) is 0. The van der Waals surface area contributed by atoms with E-state index in [4.69, 9.17) is 4.74 Å². The SMILES string of the molecule is CCN1CCC(CC(=O)N2CCC(c3ccc(C(=O)NCC4CCCO4)cn3)CC2)CC1. The molecule has 3 fully saturated rings. The maximum absolute atomic E-state index is 12.8. The summed E-state index contributed by atoms with van der Waals surface area (Å²) in [6, 6.07) is 3.85. The largest absolute Gasteiger partial charge is 0.376 e. The minimum Gasteiger partial charge on any atom is -0.376 e. The Balaban J connectivity index is 1.20. The molecule has 0 radical (unpaired) electrons. The van der Waals surface area contributed by atoms with Gasteiger partial charge < -0.3 is 19.9 Å². The quantitative estimate of drug-likeness (QED) is 0.703. The average Bonchev–Trinajstić information content (AvgIpc) is 3.37. The van der Waals surface area contributed by atoms with Crippen LogP contribution in [0.5, 0.6) is 0 Å². The highest BCUT2D eigenvalue weighted by Crippen LogP contribution is 2.28. The van der Waals surface area contributed by atoms with Crippen LogP contribution in [-0.4, -0.2) is 78.6 Å². The van der Waals surface area contributed by atoms with Crippen molar-refractivity contribution in [1.29, 1.82) is 0 Å². The summed E-state index contributed by atoms with van der Waals surface area (Å²) in [4.78, 5) is 34.2. The molecule has 0 bridgehead atoms. The lowest BCUT2D eigenvalue weighted by atomic mass is 9.90. The van der Waals surface area contributed by atoms with E-state index in [0.717, 1.165) is 83.5 Å². The predicted molar refractivity (Wildman–Crippen MR) is 124 cm³/mol. The zero-order valence-electron chi connectivity index (χ0n) is 19.4. The van der Waals surface area contributed by atoms with Crippen molar-refractivity contribution in [2.24, 2.45) is 5.92 Å². The predicted octanol–water partition coefficient (Wildman–Crippen LogP) is 2.82. The highest BCUT2D eigenvalue weighted by Gasteiger charge is 2.27. The first-order valence-corrected chi connectivity index (χ1v) is 12.5. The Hall–Kier alpha value is -1.99. The fourth-order valence-corrected chi connectivity index (χ4v) is 5.20. The lowest BCUT2D eigenvalue weighted by Crippen LogP contribution is -2.40. The Bertz CT molecular complexity index is 747. The molecule has 32 heavy (non-hydrogen) atoms. The van der Waals surface area contributed by atoms with Gasteiger partial charge in [0.2, 0.25) is 5.91 Å². The zero-order chi connectivity index (χ0) is 22.3. The fraction of sp³-hybridized carbons (Fsp3) is 0.720. The number of likely N-dealkylation sites (tertiary alicyclic amines) is 2. The van der Waals surface area contributed by atoms with Gasteiger partial charge in [-0.25, -0.2) is 0 Å². The van der Waals surface area contributed by atoms with E-state index in [0.29, 0.717) is 36.3 Å². The second-order valence-corrected chi connectivity index (χ2v) is 9.55. The van der Waals surface area contributed by atoms with Gasteiger partial charge in [-0.05, 0) is 76.2 Å². The molecule has 1 unspecified atom stereocenters. The first-order valence-electron chi connectivity index (χ1n) is 12.5. The lowest BCUT2D eigenvalue weighted by Gasteiger charge is -2.35. The van der Waals surface area contributed by atoms with Gasteiger partial charge in [0.1, 0.15) is 0 Å². The molecule has 7 heteroatoms. The lowest BCUT2D eigenvalue weighted by molar-refractivity contribution is -0.133. The van der Waals surface area contributed by atoms with Crippen LogP contribution in [0.15, 0.2) is 18.3 Å². The van der Waals surface area contributed by atoms with Crippen molar-refractivity contribution in [3.05, 3.63) is 29.6 Å². The van der Waals surface area contributed by atoms with Gasteiger partial charge >= 0.3 is 0 Å². The minimum absolute atomic E-state index is 0.0928. The number of hydrogen-bond acceptors (Lipinski definition) is 5.